The van der Waals surface area contributed by atoms with E-state index in [0.717, 1.165) is 21.1 Å². The van der Waals surface area contributed by atoms with Crippen LogP contribution in [0.3, 0.4) is 0 Å². The number of rotatable bonds is 2. The maximum atomic E-state index is 12.2. The van der Waals surface area contributed by atoms with E-state index in [9.17, 15) is 14.4 Å². The van der Waals surface area contributed by atoms with Gasteiger partial charge in [0, 0.05) is 9.61 Å². The highest BCUT2D eigenvalue weighted by atomic mass is 127. The molecule has 0 saturated carbocycles. The fourth-order valence-electron chi connectivity index (χ4n) is 2.88. The van der Waals surface area contributed by atoms with Crippen LogP contribution in [-0.2, 0) is 16.0 Å². The smallest absolute Gasteiger partial charge is 0.317 e. The second-order valence-corrected chi connectivity index (χ2v) is 6.31. The molecule has 1 aromatic carbocycles. The van der Waals surface area contributed by atoms with Crippen LogP contribution in [0.1, 0.15) is 24.4 Å². The Morgan fingerprint density at radius 3 is 2.95 bits per heavy atom. The molecular formula is C14H13IN2O4. The molecule has 6 nitrogen and oxygen atoms in total. The molecule has 0 fully saturated rings. The van der Waals surface area contributed by atoms with Crippen LogP contribution >= 0.6 is 22.6 Å². The predicted molar refractivity (Wildman–Crippen MR) is 85.5 cm³/mol. The first-order valence-corrected chi connectivity index (χ1v) is 7.63. The lowest BCUT2D eigenvalue weighted by atomic mass is 9.96. The minimum Gasteiger partial charge on any atom is -0.469 e. The van der Waals surface area contributed by atoms with Crippen LogP contribution in [0.5, 0.6) is 0 Å². The molecule has 1 N–H and O–H groups in total. The van der Waals surface area contributed by atoms with Crippen molar-refractivity contribution < 1.29 is 9.53 Å². The summed E-state index contributed by atoms with van der Waals surface area (Å²) < 4.78 is 7.15. The lowest BCUT2D eigenvalue weighted by Crippen LogP contribution is -2.40. The first-order chi connectivity index (χ1) is 10.0. The molecule has 1 aliphatic heterocycles. The number of ether oxygens (including phenoxy) is 1. The number of nitrogens with one attached hydrogen (secondary N) is 1. The molecule has 3 rings (SSSR count). The van der Waals surface area contributed by atoms with Gasteiger partial charge < -0.3 is 9.72 Å². The molecule has 1 unspecified atom stereocenters. The van der Waals surface area contributed by atoms with Crippen molar-refractivity contribution in [2.24, 2.45) is 0 Å². The van der Waals surface area contributed by atoms with Crippen molar-refractivity contribution in [2.75, 3.05) is 7.11 Å². The molecule has 2 heterocycles. The first-order valence-electron chi connectivity index (χ1n) is 6.55. The summed E-state index contributed by atoms with van der Waals surface area (Å²) in [5, 5.41) is 0. The molecule has 1 aromatic heterocycles. The lowest BCUT2D eigenvalue weighted by Gasteiger charge is -2.26. The van der Waals surface area contributed by atoms with E-state index in [0.29, 0.717) is 11.9 Å². The summed E-state index contributed by atoms with van der Waals surface area (Å²) in [6.07, 6.45) is 1.50. The number of aromatic amines is 1. The number of benzene rings is 1. The minimum atomic E-state index is -0.660. The molecule has 0 saturated heterocycles. The van der Waals surface area contributed by atoms with Crippen LogP contribution in [0.25, 0.3) is 11.0 Å². The molecule has 0 bridgehead atoms. The lowest BCUT2D eigenvalue weighted by molar-refractivity contribution is -0.141. The van der Waals surface area contributed by atoms with Crippen molar-refractivity contribution in [2.45, 2.75) is 25.3 Å². The van der Waals surface area contributed by atoms with Gasteiger partial charge in [-0.1, -0.05) is 0 Å². The average Bonchev–Trinajstić information content (AvgIpc) is 2.45. The summed E-state index contributed by atoms with van der Waals surface area (Å²) in [5.41, 5.74) is 1.10. The van der Waals surface area contributed by atoms with Crippen LogP contribution in [0.4, 0.5) is 0 Å². The number of nitrogens with zero attached hydrogens (tertiary/aromatic N) is 1. The molecule has 1 atom stereocenters. The zero-order valence-electron chi connectivity index (χ0n) is 11.3. The van der Waals surface area contributed by atoms with E-state index in [2.05, 4.69) is 32.3 Å². The van der Waals surface area contributed by atoms with E-state index in [1.54, 1.807) is 0 Å². The number of halogens is 1. The molecule has 0 spiro atoms. The highest BCUT2D eigenvalue weighted by Crippen LogP contribution is 2.31. The number of aromatic nitrogens is 2. The zero-order valence-corrected chi connectivity index (χ0v) is 13.5. The Hall–Kier alpha value is -1.64. The number of hydrogen-bond donors (Lipinski definition) is 1. The molecule has 0 amide bonds. The van der Waals surface area contributed by atoms with E-state index >= 15 is 0 Å². The summed E-state index contributed by atoms with van der Waals surface area (Å²) >= 11 is 2.18. The SMILES string of the molecule is COC(=O)CC1CCc2cc(I)cc3[nH]c(=O)c(=O)n1c23. The van der Waals surface area contributed by atoms with Gasteiger partial charge in [-0.05, 0) is 53.1 Å². The van der Waals surface area contributed by atoms with Crippen LogP contribution in [0, 0.1) is 3.57 Å². The van der Waals surface area contributed by atoms with Gasteiger partial charge in [-0.2, -0.15) is 0 Å². The summed E-state index contributed by atoms with van der Waals surface area (Å²) in [6, 6.07) is 3.50. The number of aryl methyl sites for hydroxylation is 1. The Kier molecular flexibility index (Phi) is 3.60. The second-order valence-electron chi connectivity index (χ2n) is 5.06. The molecule has 110 valence electrons. The van der Waals surface area contributed by atoms with Crippen molar-refractivity contribution in [3.8, 4) is 0 Å². The quantitative estimate of drug-likeness (QED) is 0.469. The molecule has 2 aromatic rings. The van der Waals surface area contributed by atoms with Crippen molar-refractivity contribution in [1.82, 2.24) is 9.55 Å². The third-order valence-electron chi connectivity index (χ3n) is 3.80. The van der Waals surface area contributed by atoms with Crippen molar-refractivity contribution >= 4 is 39.6 Å². The zero-order chi connectivity index (χ0) is 15.1. The van der Waals surface area contributed by atoms with Crippen LogP contribution in [0.2, 0.25) is 0 Å². The molecular weight excluding hydrogens is 387 g/mol. The van der Waals surface area contributed by atoms with Gasteiger partial charge in [-0.3, -0.25) is 19.0 Å². The Morgan fingerprint density at radius 2 is 2.24 bits per heavy atom. The highest BCUT2D eigenvalue weighted by Gasteiger charge is 2.26. The predicted octanol–water partition coefficient (Wildman–Crippen LogP) is 1.34. The number of esters is 1. The number of carbonyl (C=O) groups excluding carboxylic acids is 1. The molecule has 21 heavy (non-hydrogen) atoms. The topological polar surface area (TPSA) is 81.2 Å². The summed E-state index contributed by atoms with van der Waals surface area (Å²) in [7, 11) is 1.32. The van der Waals surface area contributed by atoms with Gasteiger partial charge in [0.05, 0.1) is 24.6 Å². The Balaban J connectivity index is 2.30. The van der Waals surface area contributed by atoms with Gasteiger partial charge in [0.1, 0.15) is 0 Å². The van der Waals surface area contributed by atoms with E-state index in [1.165, 1.54) is 11.7 Å². The maximum Gasteiger partial charge on any atom is 0.317 e. The van der Waals surface area contributed by atoms with Crippen molar-refractivity contribution in [3.05, 3.63) is 42.0 Å². The van der Waals surface area contributed by atoms with Gasteiger partial charge in [0.2, 0.25) is 0 Å². The number of carbonyl (C=O) groups is 1. The second kappa shape index (κ2) is 5.28. The first kappa shape index (κ1) is 14.3. The fraction of sp³-hybridized carbons (Fsp3) is 0.357. The largest absolute Gasteiger partial charge is 0.469 e. The number of H-pyrrole nitrogens is 1. The third kappa shape index (κ3) is 2.39. The van der Waals surface area contributed by atoms with Crippen molar-refractivity contribution in [1.29, 1.82) is 0 Å². The molecule has 0 radical (unpaired) electrons. The van der Waals surface area contributed by atoms with E-state index in [1.807, 2.05) is 12.1 Å². The minimum absolute atomic E-state index is 0.0976. The van der Waals surface area contributed by atoms with E-state index in [4.69, 9.17) is 0 Å². The number of methoxy groups -OCH3 is 1. The van der Waals surface area contributed by atoms with E-state index < -0.39 is 11.1 Å². The van der Waals surface area contributed by atoms with Gasteiger partial charge >= 0.3 is 17.1 Å². The Morgan fingerprint density at radius 1 is 1.48 bits per heavy atom. The Labute approximate surface area is 133 Å². The number of hydrogen-bond acceptors (Lipinski definition) is 4. The maximum absolute atomic E-state index is 12.2. The highest BCUT2D eigenvalue weighted by molar-refractivity contribution is 14.1. The standard InChI is InChI=1S/C14H13IN2O4/c1-21-11(18)6-9-3-2-7-4-8(15)5-10-12(7)17(9)14(20)13(19)16-10/h4-5,9H,2-3,6H2,1H3,(H,16,19). The van der Waals surface area contributed by atoms with Gasteiger partial charge in [0.25, 0.3) is 0 Å². The third-order valence-corrected chi connectivity index (χ3v) is 4.42. The van der Waals surface area contributed by atoms with Crippen LogP contribution in [0.15, 0.2) is 21.7 Å². The normalized spacial score (nSPS) is 17.0. The Bertz CT molecular complexity index is 852. The van der Waals surface area contributed by atoms with Crippen molar-refractivity contribution in [3.63, 3.8) is 0 Å². The van der Waals surface area contributed by atoms with E-state index in [-0.39, 0.29) is 18.4 Å². The van der Waals surface area contributed by atoms with Crippen LogP contribution < -0.4 is 11.1 Å². The van der Waals surface area contributed by atoms with Gasteiger partial charge in [0.15, 0.2) is 0 Å². The molecule has 7 heteroatoms. The summed E-state index contributed by atoms with van der Waals surface area (Å²) in [4.78, 5) is 38.2. The average molecular weight is 400 g/mol. The molecule has 0 aliphatic carbocycles. The molecule has 1 aliphatic rings. The summed E-state index contributed by atoms with van der Waals surface area (Å²) in [5.74, 6) is -0.380. The monoisotopic (exact) mass is 400 g/mol. The summed E-state index contributed by atoms with van der Waals surface area (Å²) in [6.45, 7) is 0. The fourth-order valence-corrected chi connectivity index (χ4v) is 3.57. The van der Waals surface area contributed by atoms with Crippen LogP contribution in [-0.4, -0.2) is 22.6 Å². The van der Waals surface area contributed by atoms with Gasteiger partial charge in [-0.25, -0.2) is 0 Å². The van der Waals surface area contributed by atoms with Gasteiger partial charge in [-0.15, -0.1) is 0 Å².